The van der Waals surface area contributed by atoms with Gasteiger partial charge in [0.25, 0.3) is 0 Å². The van der Waals surface area contributed by atoms with E-state index in [9.17, 15) is 0 Å². The summed E-state index contributed by atoms with van der Waals surface area (Å²) < 4.78 is 5.80. The largest absolute Gasteiger partial charge is 0.493 e. The van der Waals surface area contributed by atoms with Gasteiger partial charge in [-0.3, -0.25) is 4.99 Å². The predicted octanol–water partition coefficient (Wildman–Crippen LogP) is 6.88. The molecule has 0 radical (unpaired) electrons. The van der Waals surface area contributed by atoms with Gasteiger partial charge < -0.3 is 10.1 Å². The maximum absolute atomic E-state index is 6.17. The van der Waals surface area contributed by atoms with E-state index in [1.54, 1.807) is 0 Å². The van der Waals surface area contributed by atoms with E-state index in [0.717, 1.165) is 22.5 Å². The van der Waals surface area contributed by atoms with E-state index in [4.69, 9.17) is 44.5 Å². The van der Waals surface area contributed by atoms with Gasteiger partial charge >= 0.3 is 0 Å². The Bertz CT molecular complexity index is 1030. The summed E-state index contributed by atoms with van der Waals surface area (Å²) in [5.41, 5.74) is 3.05. The molecule has 1 N–H and O–H groups in total. The molecule has 1 aliphatic rings. The number of halogens is 3. The highest BCUT2D eigenvalue weighted by atomic mass is 35.5. The van der Waals surface area contributed by atoms with Gasteiger partial charge in [-0.15, -0.1) is 0 Å². The number of hydrogen-bond donors (Lipinski definition) is 1. The zero-order valence-corrected chi connectivity index (χ0v) is 18.0. The van der Waals surface area contributed by atoms with Crippen LogP contribution in [-0.2, 0) is 0 Å². The third kappa shape index (κ3) is 4.37. The Hall–Kier alpha value is -2.20. The van der Waals surface area contributed by atoms with E-state index < -0.39 is 0 Å². The molecule has 148 valence electrons. The van der Waals surface area contributed by atoms with Crippen LogP contribution in [0.1, 0.15) is 35.7 Å². The Balaban J connectivity index is 1.77. The summed E-state index contributed by atoms with van der Waals surface area (Å²) in [5.74, 6) is 1.47. The number of nitrogens with one attached hydrogen (secondary N) is 1. The van der Waals surface area contributed by atoms with Crippen molar-refractivity contribution < 1.29 is 4.74 Å². The molecule has 3 aromatic rings. The summed E-state index contributed by atoms with van der Waals surface area (Å²) in [6.07, 6.45) is 0. The van der Waals surface area contributed by atoms with Crippen molar-refractivity contribution >= 4 is 40.6 Å². The molecule has 4 rings (SSSR count). The van der Waals surface area contributed by atoms with Gasteiger partial charge in [0.1, 0.15) is 17.6 Å². The summed E-state index contributed by atoms with van der Waals surface area (Å²) in [6, 6.07) is 21.0. The highest BCUT2D eigenvalue weighted by Crippen LogP contribution is 2.39. The van der Waals surface area contributed by atoms with Gasteiger partial charge in [-0.05, 0) is 60.5 Å². The van der Waals surface area contributed by atoms with E-state index in [2.05, 4.69) is 5.32 Å². The lowest BCUT2D eigenvalue weighted by Crippen LogP contribution is -2.25. The molecule has 1 aliphatic heterocycles. The van der Waals surface area contributed by atoms with Gasteiger partial charge in [-0.25, -0.2) is 0 Å². The SMILES string of the molecule is CCOc1cc(Cl)ccc1C1=NC(c2ccc(Cl)cc2)[C@@H](c2ccc(Cl)cc2)N1. The van der Waals surface area contributed by atoms with Crippen molar-refractivity contribution in [2.24, 2.45) is 4.99 Å². The number of amidine groups is 1. The number of nitrogens with zero attached hydrogens (tertiary/aromatic N) is 1. The molecule has 1 unspecified atom stereocenters. The zero-order valence-electron chi connectivity index (χ0n) is 15.7. The summed E-state index contributed by atoms with van der Waals surface area (Å²) in [5, 5.41) is 5.60. The fourth-order valence-electron chi connectivity index (χ4n) is 3.45. The Morgan fingerprint density at radius 3 is 2.03 bits per heavy atom. The van der Waals surface area contributed by atoms with E-state index in [1.807, 2.05) is 73.7 Å². The Morgan fingerprint density at radius 1 is 0.828 bits per heavy atom. The highest BCUT2D eigenvalue weighted by molar-refractivity contribution is 6.31. The number of ether oxygens (including phenoxy) is 1. The van der Waals surface area contributed by atoms with Crippen LogP contribution in [0.4, 0.5) is 0 Å². The first kappa shape index (κ1) is 20.1. The lowest BCUT2D eigenvalue weighted by molar-refractivity contribution is 0.339. The Kier molecular flexibility index (Phi) is 6.00. The van der Waals surface area contributed by atoms with Crippen molar-refractivity contribution in [1.29, 1.82) is 0 Å². The molecule has 29 heavy (non-hydrogen) atoms. The second-order valence-electron chi connectivity index (χ2n) is 6.72. The molecule has 0 fully saturated rings. The van der Waals surface area contributed by atoms with E-state index in [-0.39, 0.29) is 12.1 Å². The Labute approximate surface area is 185 Å². The third-order valence-corrected chi connectivity index (χ3v) is 5.55. The zero-order chi connectivity index (χ0) is 20.4. The monoisotopic (exact) mass is 444 g/mol. The first-order valence-corrected chi connectivity index (χ1v) is 10.5. The summed E-state index contributed by atoms with van der Waals surface area (Å²) in [7, 11) is 0. The van der Waals surface area contributed by atoms with Gasteiger partial charge in [0, 0.05) is 15.1 Å². The minimum atomic E-state index is -0.117. The van der Waals surface area contributed by atoms with Crippen molar-refractivity contribution in [3.63, 3.8) is 0 Å². The fraction of sp³-hybridized carbons (Fsp3) is 0.174. The molecule has 0 saturated carbocycles. The van der Waals surface area contributed by atoms with E-state index in [1.165, 1.54) is 0 Å². The van der Waals surface area contributed by atoms with E-state index >= 15 is 0 Å². The number of benzene rings is 3. The fourth-order valence-corrected chi connectivity index (χ4v) is 3.87. The van der Waals surface area contributed by atoms with Crippen LogP contribution in [0, 0.1) is 0 Å². The molecule has 0 aliphatic carbocycles. The average Bonchev–Trinajstić information content (AvgIpc) is 3.14. The summed E-state index contributed by atoms with van der Waals surface area (Å²) >= 11 is 18.4. The molecular formula is C23H19Cl3N2O. The van der Waals surface area contributed by atoms with Crippen molar-refractivity contribution in [2.75, 3.05) is 6.61 Å². The minimum absolute atomic E-state index is 0.0476. The maximum atomic E-state index is 6.17. The molecule has 1 heterocycles. The van der Waals surface area contributed by atoms with Gasteiger partial charge in [0.05, 0.1) is 18.2 Å². The number of aliphatic imine (C=N–C) groups is 1. The lowest BCUT2D eigenvalue weighted by atomic mass is 9.95. The van der Waals surface area contributed by atoms with Gasteiger partial charge in [0.15, 0.2) is 0 Å². The van der Waals surface area contributed by atoms with Crippen molar-refractivity contribution in [3.05, 3.63) is 98.5 Å². The number of rotatable bonds is 5. The molecule has 3 aromatic carbocycles. The predicted molar refractivity (Wildman–Crippen MR) is 121 cm³/mol. The first-order valence-electron chi connectivity index (χ1n) is 9.33. The standard InChI is InChI=1S/C23H19Cl3N2O/c1-2-29-20-13-18(26)11-12-19(20)23-27-21(14-3-7-16(24)8-4-14)22(28-23)15-5-9-17(25)10-6-15/h3-13,21-22H,2H2,1H3,(H,27,28)/t21-,22?/m1/s1. The first-order chi connectivity index (χ1) is 14.0. The second-order valence-corrected chi connectivity index (χ2v) is 8.03. The second kappa shape index (κ2) is 8.66. The van der Waals surface area contributed by atoms with Crippen molar-refractivity contribution in [3.8, 4) is 5.75 Å². The van der Waals surface area contributed by atoms with Crippen LogP contribution in [-0.4, -0.2) is 12.4 Å². The van der Waals surface area contributed by atoms with Gasteiger partial charge in [0.2, 0.25) is 0 Å². The van der Waals surface area contributed by atoms with Gasteiger partial charge in [-0.2, -0.15) is 0 Å². The third-order valence-electron chi connectivity index (χ3n) is 4.82. The molecule has 2 atom stereocenters. The summed E-state index contributed by atoms with van der Waals surface area (Å²) in [6.45, 7) is 2.49. The van der Waals surface area contributed by atoms with Crippen LogP contribution in [0.25, 0.3) is 0 Å². The minimum Gasteiger partial charge on any atom is -0.493 e. The van der Waals surface area contributed by atoms with E-state index in [0.29, 0.717) is 27.4 Å². The summed E-state index contributed by atoms with van der Waals surface area (Å²) in [4.78, 5) is 5.02. The van der Waals surface area contributed by atoms with Crippen LogP contribution in [0.2, 0.25) is 15.1 Å². The lowest BCUT2D eigenvalue weighted by Gasteiger charge is -2.20. The number of hydrogen-bond acceptors (Lipinski definition) is 3. The van der Waals surface area contributed by atoms with Crippen LogP contribution >= 0.6 is 34.8 Å². The molecular weight excluding hydrogens is 427 g/mol. The van der Waals surface area contributed by atoms with Crippen LogP contribution < -0.4 is 10.1 Å². The smallest absolute Gasteiger partial charge is 0.133 e. The topological polar surface area (TPSA) is 33.6 Å². The Morgan fingerprint density at radius 2 is 1.41 bits per heavy atom. The molecule has 6 heteroatoms. The van der Waals surface area contributed by atoms with Crippen molar-refractivity contribution in [2.45, 2.75) is 19.0 Å². The van der Waals surface area contributed by atoms with Crippen LogP contribution in [0.5, 0.6) is 5.75 Å². The highest BCUT2D eigenvalue weighted by Gasteiger charge is 2.32. The average molecular weight is 446 g/mol. The van der Waals surface area contributed by atoms with Crippen LogP contribution in [0.3, 0.4) is 0 Å². The van der Waals surface area contributed by atoms with Crippen LogP contribution in [0.15, 0.2) is 71.7 Å². The molecule has 0 saturated heterocycles. The maximum Gasteiger partial charge on any atom is 0.133 e. The molecule has 0 spiro atoms. The molecule has 0 amide bonds. The molecule has 0 bridgehead atoms. The molecule has 0 aromatic heterocycles. The quantitative estimate of drug-likeness (QED) is 0.464. The van der Waals surface area contributed by atoms with Gasteiger partial charge in [-0.1, -0.05) is 59.1 Å². The normalized spacial score (nSPS) is 18.3. The van der Waals surface area contributed by atoms with Crippen molar-refractivity contribution in [1.82, 2.24) is 5.32 Å². The molecule has 3 nitrogen and oxygen atoms in total.